The van der Waals surface area contributed by atoms with Gasteiger partial charge in [-0.2, -0.15) is 0 Å². The fourth-order valence-electron chi connectivity index (χ4n) is 1.10. The molecule has 0 heterocycles. The first-order valence-electron chi connectivity index (χ1n) is 3.93. The monoisotopic (exact) mass is 277 g/mol. The summed E-state index contributed by atoms with van der Waals surface area (Å²) in [7, 11) is 0. The van der Waals surface area contributed by atoms with Crippen LogP contribution >= 0.6 is 27.5 Å². The Morgan fingerprint density at radius 3 is 2.86 bits per heavy atom. The molecular formula is C9H9BrClNO2. The number of carboxylic acids is 1. The number of halogens is 2. The number of hydrogen-bond acceptors (Lipinski definition) is 2. The van der Waals surface area contributed by atoms with Gasteiger partial charge in [-0.05, 0) is 27.6 Å². The zero-order chi connectivity index (χ0) is 10.7. The van der Waals surface area contributed by atoms with E-state index in [-0.39, 0.29) is 6.42 Å². The lowest BCUT2D eigenvalue weighted by atomic mass is 10.1. The Kier molecular flexibility index (Phi) is 3.92. The van der Waals surface area contributed by atoms with Crippen molar-refractivity contribution >= 4 is 33.5 Å². The fourth-order valence-corrected chi connectivity index (χ4v) is 1.85. The first-order valence-corrected chi connectivity index (χ1v) is 5.10. The number of benzene rings is 1. The van der Waals surface area contributed by atoms with E-state index < -0.39 is 12.0 Å². The molecule has 0 spiro atoms. The topological polar surface area (TPSA) is 63.3 Å². The molecule has 1 aromatic rings. The average Bonchev–Trinajstić information content (AvgIpc) is 2.08. The lowest BCUT2D eigenvalue weighted by molar-refractivity contribution is -0.137. The molecule has 0 saturated carbocycles. The van der Waals surface area contributed by atoms with E-state index in [1.165, 1.54) is 0 Å². The summed E-state index contributed by atoms with van der Waals surface area (Å²) in [6, 6.07) is 4.66. The van der Waals surface area contributed by atoms with Crippen LogP contribution in [0, 0.1) is 0 Å². The summed E-state index contributed by atoms with van der Waals surface area (Å²) in [4.78, 5) is 10.5. The van der Waals surface area contributed by atoms with Crippen LogP contribution in [0.2, 0.25) is 5.02 Å². The summed E-state index contributed by atoms with van der Waals surface area (Å²) in [5.41, 5.74) is 6.40. The second-order valence-corrected chi connectivity index (χ2v) is 4.05. The van der Waals surface area contributed by atoms with Crippen molar-refractivity contribution in [1.29, 1.82) is 0 Å². The van der Waals surface area contributed by atoms with Gasteiger partial charge in [0.15, 0.2) is 0 Å². The minimum atomic E-state index is -0.927. The van der Waals surface area contributed by atoms with Gasteiger partial charge >= 0.3 is 5.97 Å². The number of rotatable bonds is 3. The van der Waals surface area contributed by atoms with E-state index in [1.54, 1.807) is 18.2 Å². The second-order valence-electron chi connectivity index (χ2n) is 2.85. The molecule has 0 aliphatic carbocycles. The Morgan fingerprint density at radius 2 is 2.29 bits per heavy atom. The molecule has 1 atom stereocenters. The Bertz CT molecular complexity index is 357. The third kappa shape index (κ3) is 2.70. The molecule has 1 unspecified atom stereocenters. The molecule has 3 N–H and O–H groups in total. The number of carboxylic acid groups (broad SMARTS) is 1. The van der Waals surface area contributed by atoms with E-state index in [1.807, 2.05) is 0 Å². The Morgan fingerprint density at radius 1 is 1.64 bits per heavy atom. The predicted molar refractivity (Wildman–Crippen MR) is 58.3 cm³/mol. The highest BCUT2D eigenvalue weighted by Gasteiger charge is 2.14. The minimum Gasteiger partial charge on any atom is -0.481 e. The molecule has 5 heteroatoms. The summed E-state index contributed by atoms with van der Waals surface area (Å²) >= 11 is 9.11. The largest absolute Gasteiger partial charge is 0.481 e. The van der Waals surface area contributed by atoms with Crippen molar-refractivity contribution in [2.24, 2.45) is 5.73 Å². The van der Waals surface area contributed by atoms with Gasteiger partial charge in [0, 0.05) is 10.5 Å². The normalized spacial score (nSPS) is 12.5. The molecule has 76 valence electrons. The number of carbonyl (C=O) groups is 1. The lowest BCUT2D eigenvalue weighted by Crippen LogP contribution is -2.15. The molecule has 0 radical (unpaired) electrons. The molecule has 0 aromatic heterocycles. The van der Waals surface area contributed by atoms with Crippen LogP contribution < -0.4 is 5.73 Å². The molecule has 3 nitrogen and oxygen atoms in total. The van der Waals surface area contributed by atoms with Crippen LogP contribution in [0.1, 0.15) is 18.0 Å². The van der Waals surface area contributed by atoms with E-state index in [0.29, 0.717) is 15.1 Å². The van der Waals surface area contributed by atoms with E-state index in [4.69, 9.17) is 22.4 Å². The van der Waals surface area contributed by atoms with Gasteiger partial charge in [0.1, 0.15) is 0 Å². The summed E-state index contributed by atoms with van der Waals surface area (Å²) in [5, 5.41) is 9.11. The molecule has 14 heavy (non-hydrogen) atoms. The minimum absolute atomic E-state index is 0.112. The standard InChI is InChI=1S/C9H9BrClNO2/c10-9-5(2-1-3-6(9)11)7(12)4-8(13)14/h1-3,7H,4,12H2,(H,13,14). The zero-order valence-corrected chi connectivity index (χ0v) is 9.55. The van der Waals surface area contributed by atoms with Crippen LogP contribution in [0.4, 0.5) is 0 Å². The number of aliphatic carboxylic acids is 1. The first-order chi connectivity index (χ1) is 6.52. The highest BCUT2D eigenvalue weighted by atomic mass is 79.9. The molecule has 0 bridgehead atoms. The van der Waals surface area contributed by atoms with Crippen molar-refractivity contribution in [3.8, 4) is 0 Å². The van der Waals surface area contributed by atoms with Gasteiger partial charge in [-0.25, -0.2) is 0 Å². The Balaban J connectivity index is 2.95. The van der Waals surface area contributed by atoms with E-state index in [0.717, 1.165) is 0 Å². The third-order valence-electron chi connectivity index (χ3n) is 1.78. The molecular weight excluding hydrogens is 269 g/mol. The molecule has 1 aromatic carbocycles. The second kappa shape index (κ2) is 4.77. The lowest BCUT2D eigenvalue weighted by Gasteiger charge is -2.12. The van der Waals surface area contributed by atoms with Crippen molar-refractivity contribution in [2.45, 2.75) is 12.5 Å². The molecule has 0 saturated heterocycles. The maximum atomic E-state index is 10.5. The molecule has 0 aliphatic rings. The highest BCUT2D eigenvalue weighted by Crippen LogP contribution is 2.30. The third-order valence-corrected chi connectivity index (χ3v) is 3.20. The van der Waals surface area contributed by atoms with Gasteiger partial charge in [0.2, 0.25) is 0 Å². The van der Waals surface area contributed by atoms with Crippen LogP contribution in [0.25, 0.3) is 0 Å². The van der Waals surface area contributed by atoms with Gasteiger partial charge in [0.25, 0.3) is 0 Å². The van der Waals surface area contributed by atoms with Gasteiger partial charge in [-0.15, -0.1) is 0 Å². The molecule has 1 rings (SSSR count). The quantitative estimate of drug-likeness (QED) is 0.893. The van der Waals surface area contributed by atoms with E-state index >= 15 is 0 Å². The van der Waals surface area contributed by atoms with Crippen molar-refractivity contribution in [2.75, 3.05) is 0 Å². The van der Waals surface area contributed by atoms with Gasteiger partial charge in [0.05, 0.1) is 11.4 Å². The average molecular weight is 279 g/mol. The van der Waals surface area contributed by atoms with E-state index in [2.05, 4.69) is 15.9 Å². The summed E-state index contributed by atoms with van der Waals surface area (Å²) in [6.45, 7) is 0. The van der Waals surface area contributed by atoms with Crippen LogP contribution in [0.3, 0.4) is 0 Å². The SMILES string of the molecule is NC(CC(=O)O)c1cccc(Cl)c1Br. The van der Waals surface area contributed by atoms with Crippen molar-refractivity contribution in [3.63, 3.8) is 0 Å². The van der Waals surface area contributed by atoms with Crippen LogP contribution in [0.5, 0.6) is 0 Å². The zero-order valence-electron chi connectivity index (χ0n) is 7.21. The summed E-state index contributed by atoms with van der Waals surface area (Å²) in [5.74, 6) is -0.927. The van der Waals surface area contributed by atoms with E-state index in [9.17, 15) is 4.79 Å². The van der Waals surface area contributed by atoms with Crippen LogP contribution in [0.15, 0.2) is 22.7 Å². The molecule has 0 aliphatic heterocycles. The summed E-state index contributed by atoms with van der Waals surface area (Å²) in [6.07, 6.45) is -0.112. The van der Waals surface area contributed by atoms with Gasteiger partial charge in [-0.1, -0.05) is 23.7 Å². The van der Waals surface area contributed by atoms with Crippen LogP contribution in [-0.2, 0) is 4.79 Å². The Hall–Kier alpha value is -0.580. The molecule has 0 fully saturated rings. The fraction of sp³-hybridized carbons (Fsp3) is 0.222. The maximum absolute atomic E-state index is 10.5. The van der Waals surface area contributed by atoms with Gasteiger partial charge < -0.3 is 10.8 Å². The maximum Gasteiger partial charge on any atom is 0.305 e. The van der Waals surface area contributed by atoms with Crippen LogP contribution in [-0.4, -0.2) is 11.1 Å². The van der Waals surface area contributed by atoms with Crippen molar-refractivity contribution < 1.29 is 9.90 Å². The smallest absolute Gasteiger partial charge is 0.305 e. The number of nitrogens with two attached hydrogens (primary N) is 1. The first kappa shape index (κ1) is 11.5. The van der Waals surface area contributed by atoms with Crippen molar-refractivity contribution in [1.82, 2.24) is 0 Å². The van der Waals surface area contributed by atoms with Crippen molar-refractivity contribution in [3.05, 3.63) is 33.3 Å². The molecule has 0 amide bonds. The highest BCUT2D eigenvalue weighted by molar-refractivity contribution is 9.10. The Labute approximate surface area is 95.0 Å². The van der Waals surface area contributed by atoms with Gasteiger partial charge in [-0.3, -0.25) is 4.79 Å². The number of hydrogen-bond donors (Lipinski definition) is 2. The summed E-state index contributed by atoms with van der Waals surface area (Å²) < 4.78 is 0.662. The predicted octanol–water partition coefficient (Wildman–Crippen LogP) is 2.58.